The molecule has 6 heteroatoms. The minimum Gasteiger partial charge on any atom is -0.316 e. The summed E-state index contributed by atoms with van der Waals surface area (Å²) >= 11 is 9.04. The van der Waals surface area contributed by atoms with Crippen LogP contribution in [-0.2, 0) is 12.8 Å². The highest BCUT2D eigenvalue weighted by Crippen LogP contribution is 2.33. The first-order valence-corrected chi connectivity index (χ1v) is 7.60. The average Bonchev–Trinajstić information content (AvgIpc) is 2.93. The number of nitrogens with two attached hydrogens (primary N) is 1. The molecule has 17 heavy (non-hydrogen) atoms. The van der Waals surface area contributed by atoms with Crippen LogP contribution in [-0.4, -0.2) is 9.97 Å². The third-order valence-corrected chi connectivity index (χ3v) is 5.33. The van der Waals surface area contributed by atoms with Gasteiger partial charge in [-0.25, -0.2) is 9.97 Å². The first kappa shape index (κ1) is 11.6. The summed E-state index contributed by atoms with van der Waals surface area (Å²) in [7, 11) is 0. The lowest BCUT2D eigenvalue weighted by molar-refractivity contribution is 0.678. The minimum atomic E-state index is -0.219. The molecule has 0 bridgehead atoms. The number of fused-ring (bicyclic) bond motifs is 1. The molecule has 1 unspecified atom stereocenters. The van der Waals surface area contributed by atoms with E-state index in [2.05, 4.69) is 9.97 Å². The molecule has 0 aromatic carbocycles. The molecule has 1 aliphatic carbocycles. The van der Waals surface area contributed by atoms with Crippen molar-refractivity contribution < 1.29 is 0 Å². The van der Waals surface area contributed by atoms with Crippen molar-refractivity contribution in [1.29, 1.82) is 0 Å². The van der Waals surface area contributed by atoms with Crippen LogP contribution in [0.1, 0.15) is 39.5 Å². The van der Waals surface area contributed by atoms with Gasteiger partial charge >= 0.3 is 0 Å². The highest BCUT2D eigenvalue weighted by Gasteiger charge is 2.21. The highest BCUT2D eigenvalue weighted by molar-refractivity contribution is 7.16. The van der Waals surface area contributed by atoms with Crippen LogP contribution in [0.5, 0.6) is 0 Å². The molecule has 2 N–H and O–H groups in total. The number of aromatic nitrogens is 2. The Balaban J connectivity index is 1.91. The van der Waals surface area contributed by atoms with Crippen LogP contribution in [0.15, 0.2) is 6.20 Å². The Kier molecular flexibility index (Phi) is 3.17. The van der Waals surface area contributed by atoms with E-state index in [4.69, 9.17) is 17.3 Å². The standard InChI is InChI=1S/C11H12ClN3S2/c12-8-5-14-10(17-8)9(13)11-15-6-3-1-2-4-7(6)16-11/h5,9H,1-4,13H2. The van der Waals surface area contributed by atoms with Gasteiger partial charge in [-0.3, -0.25) is 0 Å². The van der Waals surface area contributed by atoms with Gasteiger partial charge in [0.2, 0.25) is 0 Å². The summed E-state index contributed by atoms with van der Waals surface area (Å²) in [5, 5.41) is 1.82. The van der Waals surface area contributed by atoms with Crippen LogP contribution in [0.3, 0.4) is 0 Å². The lowest BCUT2D eigenvalue weighted by Gasteiger charge is -2.06. The number of nitrogens with zero attached hydrogens (tertiary/aromatic N) is 2. The molecule has 0 radical (unpaired) electrons. The van der Waals surface area contributed by atoms with Gasteiger partial charge in [-0.1, -0.05) is 11.6 Å². The average molecular weight is 286 g/mol. The van der Waals surface area contributed by atoms with Crippen molar-refractivity contribution in [2.75, 3.05) is 0 Å². The number of thiazole rings is 2. The summed E-state index contributed by atoms with van der Waals surface area (Å²) in [6.07, 6.45) is 6.41. The van der Waals surface area contributed by atoms with Crippen molar-refractivity contribution in [1.82, 2.24) is 9.97 Å². The van der Waals surface area contributed by atoms with Crippen molar-refractivity contribution in [3.63, 3.8) is 0 Å². The quantitative estimate of drug-likeness (QED) is 0.922. The summed E-state index contributed by atoms with van der Waals surface area (Å²) in [5.41, 5.74) is 7.42. The van der Waals surface area contributed by atoms with Gasteiger partial charge in [-0.05, 0) is 25.7 Å². The fourth-order valence-electron chi connectivity index (χ4n) is 2.02. The zero-order valence-corrected chi connectivity index (χ0v) is 11.5. The van der Waals surface area contributed by atoms with E-state index in [1.807, 2.05) is 0 Å². The predicted molar refractivity (Wildman–Crippen MR) is 71.9 cm³/mol. The largest absolute Gasteiger partial charge is 0.316 e. The van der Waals surface area contributed by atoms with Gasteiger partial charge in [0.05, 0.1) is 11.9 Å². The minimum absolute atomic E-state index is 0.219. The van der Waals surface area contributed by atoms with E-state index in [1.54, 1.807) is 17.5 Å². The van der Waals surface area contributed by atoms with Gasteiger partial charge in [0.25, 0.3) is 0 Å². The molecule has 0 saturated carbocycles. The molecule has 0 saturated heterocycles. The van der Waals surface area contributed by atoms with Crippen molar-refractivity contribution in [3.8, 4) is 0 Å². The third-order valence-electron chi connectivity index (χ3n) is 2.89. The molecule has 2 aromatic heterocycles. The van der Waals surface area contributed by atoms with E-state index in [0.29, 0.717) is 4.34 Å². The Bertz CT molecular complexity index is 511. The van der Waals surface area contributed by atoms with E-state index in [-0.39, 0.29) is 6.04 Å². The fraction of sp³-hybridized carbons (Fsp3) is 0.455. The second-order valence-electron chi connectivity index (χ2n) is 4.11. The second-order valence-corrected chi connectivity index (χ2v) is 6.92. The van der Waals surface area contributed by atoms with Gasteiger partial charge in [0.1, 0.15) is 20.4 Å². The predicted octanol–water partition coefficient (Wildman–Crippen LogP) is 3.18. The molecule has 3 rings (SSSR count). The lowest BCUT2D eigenvalue weighted by Crippen LogP contribution is -2.11. The third kappa shape index (κ3) is 2.25. The van der Waals surface area contributed by atoms with Crippen LogP contribution >= 0.6 is 34.3 Å². The van der Waals surface area contributed by atoms with E-state index >= 15 is 0 Å². The van der Waals surface area contributed by atoms with Crippen molar-refractivity contribution in [2.45, 2.75) is 31.7 Å². The Morgan fingerprint density at radius 3 is 2.76 bits per heavy atom. The maximum atomic E-state index is 6.18. The summed E-state index contributed by atoms with van der Waals surface area (Å²) in [5.74, 6) is 0. The van der Waals surface area contributed by atoms with Crippen LogP contribution in [0.2, 0.25) is 4.34 Å². The van der Waals surface area contributed by atoms with E-state index in [1.165, 1.54) is 34.7 Å². The SMILES string of the molecule is NC(c1ncc(Cl)s1)c1nc2c(s1)CCCC2. The van der Waals surface area contributed by atoms with Gasteiger partial charge in [-0.2, -0.15) is 0 Å². The first-order valence-electron chi connectivity index (χ1n) is 5.59. The Labute approximate surface area is 113 Å². The molecule has 2 heterocycles. The zero-order chi connectivity index (χ0) is 11.8. The number of rotatable bonds is 2. The van der Waals surface area contributed by atoms with Crippen molar-refractivity contribution in [2.24, 2.45) is 5.73 Å². The van der Waals surface area contributed by atoms with Gasteiger partial charge < -0.3 is 5.73 Å². The Hall–Kier alpha value is -0.490. The molecule has 0 aliphatic heterocycles. The number of aryl methyl sites for hydroxylation is 2. The molecule has 2 aromatic rings. The maximum Gasteiger partial charge on any atom is 0.118 e. The molecule has 0 fully saturated rings. The summed E-state index contributed by atoms with van der Waals surface area (Å²) in [6.45, 7) is 0. The molecule has 1 atom stereocenters. The molecule has 0 amide bonds. The second kappa shape index (κ2) is 4.65. The Morgan fingerprint density at radius 2 is 2.06 bits per heavy atom. The summed E-state index contributed by atoms with van der Waals surface area (Å²) in [6, 6.07) is -0.219. The van der Waals surface area contributed by atoms with Gasteiger partial charge in [0, 0.05) is 4.88 Å². The monoisotopic (exact) mass is 285 g/mol. The van der Waals surface area contributed by atoms with E-state index in [9.17, 15) is 0 Å². The molecule has 1 aliphatic rings. The smallest absolute Gasteiger partial charge is 0.118 e. The van der Waals surface area contributed by atoms with Crippen LogP contribution in [0.25, 0.3) is 0 Å². The molecular formula is C11H12ClN3S2. The lowest BCUT2D eigenvalue weighted by atomic mass is 10.0. The number of hydrogen-bond acceptors (Lipinski definition) is 5. The number of hydrogen-bond donors (Lipinski definition) is 1. The zero-order valence-electron chi connectivity index (χ0n) is 9.15. The first-order chi connectivity index (χ1) is 8.24. The van der Waals surface area contributed by atoms with Gasteiger partial charge in [0.15, 0.2) is 0 Å². The van der Waals surface area contributed by atoms with E-state index < -0.39 is 0 Å². The maximum absolute atomic E-state index is 6.18. The van der Waals surface area contributed by atoms with Crippen molar-refractivity contribution in [3.05, 3.63) is 31.1 Å². The molecule has 3 nitrogen and oxygen atoms in total. The normalized spacial score (nSPS) is 16.8. The summed E-state index contributed by atoms with van der Waals surface area (Å²) < 4.78 is 0.678. The van der Waals surface area contributed by atoms with E-state index in [0.717, 1.165) is 22.9 Å². The van der Waals surface area contributed by atoms with Crippen LogP contribution < -0.4 is 5.73 Å². The fourth-order valence-corrected chi connectivity index (χ4v) is 4.19. The van der Waals surface area contributed by atoms with Crippen LogP contribution in [0, 0.1) is 0 Å². The molecular weight excluding hydrogens is 274 g/mol. The molecule has 0 spiro atoms. The highest BCUT2D eigenvalue weighted by atomic mass is 35.5. The number of halogens is 1. The molecule has 90 valence electrons. The van der Waals surface area contributed by atoms with Crippen molar-refractivity contribution >= 4 is 34.3 Å². The Morgan fingerprint density at radius 1 is 1.24 bits per heavy atom. The summed E-state index contributed by atoms with van der Waals surface area (Å²) in [4.78, 5) is 10.3. The topological polar surface area (TPSA) is 51.8 Å². The van der Waals surface area contributed by atoms with Crippen LogP contribution in [0.4, 0.5) is 0 Å². The van der Waals surface area contributed by atoms with Gasteiger partial charge in [-0.15, -0.1) is 22.7 Å².